The molecule has 1 aromatic heterocycles. The Hall–Kier alpha value is -3.46. The second-order valence-corrected chi connectivity index (χ2v) is 8.02. The number of thiazole rings is 1. The van der Waals surface area contributed by atoms with Crippen LogP contribution in [-0.2, 0) is 17.8 Å². The van der Waals surface area contributed by atoms with Crippen LogP contribution in [0.25, 0.3) is 6.08 Å². The fourth-order valence-corrected chi connectivity index (χ4v) is 3.56. The Bertz CT molecular complexity index is 1100. The fraction of sp³-hybridized carbons (Fsp3) is 0.250. The number of halogens is 2. The van der Waals surface area contributed by atoms with Gasteiger partial charge in [0.2, 0.25) is 5.91 Å². The zero-order valence-electron chi connectivity index (χ0n) is 18.2. The Morgan fingerprint density at radius 3 is 2.79 bits per heavy atom. The van der Waals surface area contributed by atoms with Crippen LogP contribution in [0.2, 0.25) is 0 Å². The summed E-state index contributed by atoms with van der Waals surface area (Å²) in [7, 11) is 1.38. The second kappa shape index (κ2) is 12.0. The van der Waals surface area contributed by atoms with E-state index in [0.717, 1.165) is 21.8 Å². The van der Waals surface area contributed by atoms with E-state index in [0.29, 0.717) is 25.3 Å². The van der Waals surface area contributed by atoms with Crippen LogP contribution in [0.15, 0.2) is 53.9 Å². The zero-order chi connectivity index (χ0) is 23.6. The molecule has 1 amide bonds. The number of methoxy groups -OCH3 is 1. The topological polar surface area (TPSA) is 69.7 Å². The molecule has 0 saturated heterocycles. The molecule has 33 heavy (non-hydrogen) atoms. The van der Waals surface area contributed by atoms with Crippen molar-refractivity contribution < 1.29 is 27.8 Å². The molecule has 0 unspecified atom stereocenters. The van der Waals surface area contributed by atoms with E-state index < -0.39 is 6.61 Å². The van der Waals surface area contributed by atoms with Crippen molar-refractivity contribution >= 4 is 23.3 Å². The third kappa shape index (κ3) is 7.87. The maximum Gasteiger partial charge on any atom is 0.387 e. The van der Waals surface area contributed by atoms with Gasteiger partial charge in [0.1, 0.15) is 12.4 Å². The molecule has 1 heterocycles. The fourth-order valence-electron chi connectivity index (χ4n) is 2.97. The van der Waals surface area contributed by atoms with Crippen molar-refractivity contribution in [2.45, 2.75) is 26.6 Å². The van der Waals surface area contributed by atoms with Gasteiger partial charge in [0.15, 0.2) is 11.5 Å². The van der Waals surface area contributed by atoms with Crippen LogP contribution in [-0.4, -0.2) is 31.2 Å². The van der Waals surface area contributed by atoms with Crippen LogP contribution in [0.5, 0.6) is 17.2 Å². The summed E-state index contributed by atoms with van der Waals surface area (Å²) in [5, 5.41) is 5.72. The van der Waals surface area contributed by atoms with E-state index >= 15 is 0 Å². The normalized spacial score (nSPS) is 11.1. The Morgan fingerprint density at radius 2 is 2.06 bits per heavy atom. The molecule has 174 valence electrons. The summed E-state index contributed by atoms with van der Waals surface area (Å²) in [6, 6.07) is 12.2. The molecule has 0 aliphatic heterocycles. The first-order valence-electron chi connectivity index (χ1n) is 10.1. The van der Waals surface area contributed by atoms with E-state index in [-0.39, 0.29) is 17.4 Å². The lowest BCUT2D eigenvalue weighted by Gasteiger charge is -2.11. The molecule has 2 aromatic carbocycles. The van der Waals surface area contributed by atoms with Crippen molar-refractivity contribution in [3.63, 3.8) is 0 Å². The number of nitrogens with one attached hydrogen (secondary N) is 1. The van der Waals surface area contributed by atoms with Gasteiger partial charge in [-0.15, -0.1) is 11.3 Å². The van der Waals surface area contributed by atoms with E-state index in [1.807, 2.05) is 36.6 Å². The monoisotopic (exact) mass is 474 g/mol. The molecule has 0 radical (unpaired) electrons. The molecule has 0 aliphatic rings. The average Bonchev–Trinajstić information content (AvgIpc) is 3.21. The van der Waals surface area contributed by atoms with Gasteiger partial charge in [-0.3, -0.25) is 4.79 Å². The molecule has 0 atom stereocenters. The van der Waals surface area contributed by atoms with E-state index in [9.17, 15) is 13.6 Å². The van der Waals surface area contributed by atoms with Gasteiger partial charge in [-0.2, -0.15) is 8.78 Å². The van der Waals surface area contributed by atoms with Crippen molar-refractivity contribution in [1.82, 2.24) is 10.3 Å². The number of rotatable bonds is 11. The first-order valence-corrected chi connectivity index (χ1v) is 11.0. The molecule has 3 rings (SSSR count). The number of carbonyl (C=O) groups excluding carboxylic acids is 1. The molecule has 3 aromatic rings. The molecule has 0 saturated carbocycles. The minimum atomic E-state index is -2.95. The predicted molar refractivity (Wildman–Crippen MR) is 123 cm³/mol. The van der Waals surface area contributed by atoms with Crippen molar-refractivity contribution in [2.75, 3.05) is 13.7 Å². The van der Waals surface area contributed by atoms with Gasteiger partial charge in [-0.1, -0.05) is 18.2 Å². The standard InChI is InChI=1S/C24H24F2N2O4S/c1-16-28-19(15-33-16)14-31-20-5-3-4-17(12-20)7-9-23(29)27-11-10-18-6-8-21(30-2)22(13-18)32-24(25)26/h3-9,12-13,15,24H,10-11,14H2,1-2H3,(H,27,29)/b9-7+. The smallest absolute Gasteiger partial charge is 0.387 e. The minimum Gasteiger partial charge on any atom is -0.493 e. The molecule has 0 aliphatic carbocycles. The maximum absolute atomic E-state index is 12.5. The third-order valence-electron chi connectivity index (χ3n) is 4.50. The summed E-state index contributed by atoms with van der Waals surface area (Å²) >= 11 is 1.57. The molecule has 6 nitrogen and oxygen atoms in total. The van der Waals surface area contributed by atoms with Gasteiger partial charge in [0, 0.05) is 18.0 Å². The summed E-state index contributed by atoms with van der Waals surface area (Å²) in [5.41, 5.74) is 2.43. The van der Waals surface area contributed by atoms with Crippen LogP contribution < -0.4 is 19.5 Å². The van der Waals surface area contributed by atoms with Gasteiger partial charge in [-0.05, 0) is 54.8 Å². The molecule has 0 fully saturated rings. The summed E-state index contributed by atoms with van der Waals surface area (Å²) in [6.07, 6.45) is 3.57. The van der Waals surface area contributed by atoms with E-state index in [4.69, 9.17) is 9.47 Å². The number of hydrogen-bond acceptors (Lipinski definition) is 6. The molecular formula is C24H24F2N2O4S. The van der Waals surface area contributed by atoms with Crippen LogP contribution in [0.3, 0.4) is 0 Å². The molecule has 0 bridgehead atoms. The van der Waals surface area contributed by atoms with Crippen molar-refractivity contribution in [1.29, 1.82) is 0 Å². The van der Waals surface area contributed by atoms with Crippen molar-refractivity contribution in [3.8, 4) is 17.2 Å². The first kappa shape index (κ1) is 24.2. The number of benzene rings is 2. The number of ether oxygens (including phenoxy) is 3. The highest BCUT2D eigenvalue weighted by atomic mass is 32.1. The lowest BCUT2D eigenvalue weighted by atomic mass is 10.1. The van der Waals surface area contributed by atoms with Gasteiger partial charge in [0.05, 0.1) is 17.8 Å². The number of amides is 1. The molecule has 9 heteroatoms. The third-order valence-corrected chi connectivity index (χ3v) is 5.32. The Balaban J connectivity index is 1.48. The van der Waals surface area contributed by atoms with Crippen LogP contribution in [0, 0.1) is 6.92 Å². The predicted octanol–water partition coefficient (Wildman–Crippen LogP) is 5.01. The Kier molecular flexibility index (Phi) is 8.77. The lowest BCUT2D eigenvalue weighted by molar-refractivity contribution is -0.116. The van der Waals surface area contributed by atoms with E-state index in [2.05, 4.69) is 15.0 Å². The van der Waals surface area contributed by atoms with Crippen molar-refractivity contribution in [2.24, 2.45) is 0 Å². The number of nitrogens with zero attached hydrogens (tertiary/aromatic N) is 1. The number of aromatic nitrogens is 1. The number of alkyl halides is 2. The summed E-state index contributed by atoms with van der Waals surface area (Å²) < 4.78 is 40.3. The highest BCUT2D eigenvalue weighted by Gasteiger charge is 2.11. The Labute approximate surface area is 194 Å². The van der Waals surface area contributed by atoms with Gasteiger partial charge in [0.25, 0.3) is 0 Å². The van der Waals surface area contributed by atoms with Gasteiger partial charge < -0.3 is 19.5 Å². The van der Waals surface area contributed by atoms with Gasteiger partial charge in [-0.25, -0.2) is 4.98 Å². The maximum atomic E-state index is 12.5. The SMILES string of the molecule is COc1ccc(CCNC(=O)/C=C/c2cccc(OCc3csc(C)n3)c2)cc1OC(F)F. The van der Waals surface area contributed by atoms with Gasteiger partial charge >= 0.3 is 6.61 Å². The summed E-state index contributed by atoms with van der Waals surface area (Å²) in [5.74, 6) is 0.600. The highest BCUT2D eigenvalue weighted by molar-refractivity contribution is 7.09. The number of hydrogen-bond donors (Lipinski definition) is 1. The number of carbonyl (C=O) groups is 1. The van der Waals surface area contributed by atoms with E-state index in [1.165, 1.54) is 19.3 Å². The summed E-state index contributed by atoms with van der Waals surface area (Å²) in [6.45, 7) is -0.284. The highest BCUT2D eigenvalue weighted by Crippen LogP contribution is 2.29. The van der Waals surface area contributed by atoms with Crippen LogP contribution >= 0.6 is 11.3 Å². The second-order valence-electron chi connectivity index (χ2n) is 6.96. The first-order chi connectivity index (χ1) is 15.9. The van der Waals surface area contributed by atoms with Crippen molar-refractivity contribution in [3.05, 3.63) is 75.7 Å². The van der Waals surface area contributed by atoms with E-state index in [1.54, 1.807) is 29.5 Å². The largest absolute Gasteiger partial charge is 0.493 e. The molecular weight excluding hydrogens is 450 g/mol. The Morgan fingerprint density at radius 1 is 1.21 bits per heavy atom. The average molecular weight is 475 g/mol. The lowest BCUT2D eigenvalue weighted by Crippen LogP contribution is -2.23. The zero-order valence-corrected chi connectivity index (χ0v) is 19.0. The number of aryl methyl sites for hydroxylation is 1. The summed E-state index contributed by atoms with van der Waals surface area (Å²) in [4.78, 5) is 16.5. The molecule has 1 N–H and O–H groups in total. The quantitative estimate of drug-likeness (QED) is 0.396. The minimum absolute atomic E-state index is 0.0387. The molecule has 0 spiro atoms. The van der Waals surface area contributed by atoms with Crippen LogP contribution in [0.1, 0.15) is 21.8 Å². The van der Waals surface area contributed by atoms with Crippen LogP contribution in [0.4, 0.5) is 8.78 Å².